The molecule has 0 aliphatic carbocycles. The Labute approximate surface area is 199 Å². The highest BCUT2D eigenvalue weighted by Crippen LogP contribution is 2.42. The predicted octanol–water partition coefficient (Wildman–Crippen LogP) is 4.57. The van der Waals surface area contributed by atoms with Gasteiger partial charge in [0.2, 0.25) is 0 Å². The lowest BCUT2D eigenvalue weighted by Crippen LogP contribution is -2.30. The fourth-order valence-corrected chi connectivity index (χ4v) is 4.72. The van der Waals surface area contributed by atoms with Crippen LogP contribution in [0.25, 0.3) is 0 Å². The van der Waals surface area contributed by atoms with E-state index in [0.717, 1.165) is 29.2 Å². The van der Waals surface area contributed by atoms with Crippen molar-refractivity contribution >= 4 is 28.7 Å². The van der Waals surface area contributed by atoms with Gasteiger partial charge in [-0.25, -0.2) is 0 Å². The van der Waals surface area contributed by atoms with Gasteiger partial charge in [-0.3, -0.25) is 9.97 Å². The van der Waals surface area contributed by atoms with Crippen LogP contribution in [0.15, 0.2) is 91.5 Å². The van der Waals surface area contributed by atoms with Crippen LogP contribution in [0.2, 0.25) is 0 Å². The van der Waals surface area contributed by atoms with Gasteiger partial charge in [-0.2, -0.15) is 0 Å². The van der Waals surface area contributed by atoms with Gasteiger partial charge in [0.25, 0.3) is 0 Å². The van der Waals surface area contributed by atoms with Gasteiger partial charge in [-0.05, 0) is 72.4 Å². The van der Waals surface area contributed by atoms with Crippen LogP contribution >= 0.6 is 12.2 Å². The summed E-state index contributed by atoms with van der Waals surface area (Å²) in [6.07, 6.45) is 7.66. The van der Waals surface area contributed by atoms with Gasteiger partial charge < -0.3 is 19.7 Å². The van der Waals surface area contributed by atoms with E-state index in [4.69, 9.17) is 12.2 Å². The minimum absolute atomic E-state index is 0.0516. The molecule has 0 bridgehead atoms. The van der Waals surface area contributed by atoms with E-state index in [1.807, 2.05) is 44.7 Å². The standard InChI is InChI=1S/C26H26N6S/c1-30(2)20-10-12-21(13-11-20)32-25(24(29-26(32)33)22-8-3-4-15-28-22)23-9-6-16-31(23)18-19-7-5-14-27-17-19/h3-17,24-25H,18H2,1-2H3,(H,29,33)/t24-,25-/m0/s1. The van der Waals surface area contributed by atoms with Crippen LogP contribution in [0.3, 0.4) is 0 Å². The first-order valence-electron chi connectivity index (χ1n) is 10.9. The highest BCUT2D eigenvalue weighted by Gasteiger charge is 2.42. The van der Waals surface area contributed by atoms with Gasteiger partial charge in [-0.1, -0.05) is 12.1 Å². The number of nitrogens with one attached hydrogen (secondary N) is 1. The predicted molar refractivity (Wildman–Crippen MR) is 136 cm³/mol. The van der Waals surface area contributed by atoms with Crippen LogP contribution < -0.4 is 15.1 Å². The fourth-order valence-electron chi connectivity index (χ4n) is 4.37. The Balaban J connectivity index is 1.58. The molecule has 0 radical (unpaired) electrons. The number of nitrogens with zero attached hydrogens (tertiary/aromatic N) is 5. The van der Waals surface area contributed by atoms with E-state index in [1.165, 1.54) is 5.69 Å². The average molecular weight is 455 g/mol. The van der Waals surface area contributed by atoms with Crippen molar-refractivity contribution in [3.63, 3.8) is 0 Å². The summed E-state index contributed by atoms with van der Waals surface area (Å²) in [4.78, 5) is 13.2. The largest absolute Gasteiger partial charge is 0.378 e. The molecule has 1 fully saturated rings. The van der Waals surface area contributed by atoms with Gasteiger partial charge >= 0.3 is 0 Å². The molecule has 1 aromatic carbocycles. The highest BCUT2D eigenvalue weighted by atomic mass is 32.1. The normalized spacial score (nSPS) is 17.8. The number of hydrogen-bond donors (Lipinski definition) is 1. The van der Waals surface area contributed by atoms with Crippen LogP contribution in [0.1, 0.15) is 29.0 Å². The first-order valence-corrected chi connectivity index (χ1v) is 11.3. The van der Waals surface area contributed by atoms with Gasteiger partial charge in [0.15, 0.2) is 5.11 Å². The Morgan fingerprint density at radius 3 is 2.52 bits per heavy atom. The van der Waals surface area contributed by atoms with E-state index >= 15 is 0 Å². The molecule has 0 unspecified atom stereocenters. The van der Waals surface area contributed by atoms with Crippen molar-refractivity contribution in [3.8, 4) is 0 Å². The molecule has 1 aliphatic heterocycles. The van der Waals surface area contributed by atoms with Gasteiger partial charge in [0.05, 0.1) is 11.7 Å². The number of hydrogen-bond acceptors (Lipinski definition) is 4. The third kappa shape index (κ3) is 4.19. The highest BCUT2D eigenvalue weighted by molar-refractivity contribution is 7.80. The molecule has 0 spiro atoms. The molecule has 0 saturated carbocycles. The lowest BCUT2D eigenvalue weighted by atomic mass is 10.0. The summed E-state index contributed by atoms with van der Waals surface area (Å²) < 4.78 is 2.27. The second kappa shape index (κ2) is 9.03. The monoisotopic (exact) mass is 454 g/mol. The molecule has 0 amide bonds. The van der Waals surface area contributed by atoms with Crippen molar-refractivity contribution in [1.82, 2.24) is 19.9 Å². The zero-order chi connectivity index (χ0) is 22.8. The third-order valence-corrected chi connectivity index (χ3v) is 6.30. The lowest BCUT2D eigenvalue weighted by molar-refractivity contribution is 0.533. The maximum atomic E-state index is 5.87. The quantitative estimate of drug-likeness (QED) is 0.431. The van der Waals surface area contributed by atoms with Crippen molar-refractivity contribution in [1.29, 1.82) is 0 Å². The van der Waals surface area contributed by atoms with Crippen LogP contribution in [-0.2, 0) is 6.54 Å². The fraction of sp³-hybridized carbons (Fsp3) is 0.192. The summed E-state index contributed by atoms with van der Waals surface area (Å²) in [7, 11) is 4.09. The van der Waals surface area contributed by atoms with Crippen LogP contribution in [0.5, 0.6) is 0 Å². The van der Waals surface area contributed by atoms with Gasteiger partial charge in [-0.15, -0.1) is 0 Å². The lowest BCUT2D eigenvalue weighted by Gasteiger charge is -2.29. The Morgan fingerprint density at radius 1 is 0.970 bits per heavy atom. The molecule has 7 heteroatoms. The van der Waals surface area contributed by atoms with Gasteiger partial charge in [0, 0.05) is 62.5 Å². The van der Waals surface area contributed by atoms with Crippen molar-refractivity contribution in [2.24, 2.45) is 0 Å². The Kier molecular flexibility index (Phi) is 5.79. The first kappa shape index (κ1) is 21.2. The van der Waals surface area contributed by atoms with Crippen molar-refractivity contribution < 1.29 is 0 Å². The molecule has 2 atom stereocenters. The summed E-state index contributed by atoms with van der Waals surface area (Å²) in [6.45, 7) is 0.738. The van der Waals surface area contributed by atoms with E-state index in [2.05, 4.69) is 84.4 Å². The van der Waals surface area contributed by atoms with Crippen LogP contribution in [-0.4, -0.2) is 33.7 Å². The number of benzene rings is 1. The average Bonchev–Trinajstić information content (AvgIpc) is 3.44. The van der Waals surface area contributed by atoms with Crippen LogP contribution in [0.4, 0.5) is 11.4 Å². The maximum absolute atomic E-state index is 5.87. The topological polar surface area (TPSA) is 49.2 Å². The van der Waals surface area contributed by atoms with E-state index in [-0.39, 0.29) is 12.1 Å². The zero-order valence-corrected chi connectivity index (χ0v) is 19.5. The molecule has 1 aliphatic rings. The number of thiocarbonyl (C=S) groups is 1. The molecule has 166 valence electrons. The molecule has 1 saturated heterocycles. The first-order chi connectivity index (χ1) is 16.1. The Bertz CT molecular complexity index is 1220. The summed E-state index contributed by atoms with van der Waals surface area (Å²) >= 11 is 5.87. The summed E-state index contributed by atoms with van der Waals surface area (Å²) in [5.41, 5.74) is 5.48. The van der Waals surface area contributed by atoms with Crippen LogP contribution in [0, 0.1) is 0 Å². The molecule has 33 heavy (non-hydrogen) atoms. The van der Waals surface area contributed by atoms with E-state index in [0.29, 0.717) is 5.11 Å². The summed E-state index contributed by atoms with van der Waals surface area (Å²) in [5.74, 6) is 0. The number of pyridine rings is 2. The molecule has 4 aromatic rings. The van der Waals surface area contributed by atoms with Gasteiger partial charge in [0.1, 0.15) is 6.04 Å². The Hall–Kier alpha value is -3.71. The minimum atomic E-state index is -0.0743. The molecule has 1 N–H and O–H groups in total. The van der Waals surface area contributed by atoms with Crippen molar-refractivity contribution in [3.05, 3.63) is 108 Å². The molecule has 4 heterocycles. The Morgan fingerprint density at radius 2 is 1.82 bits per heavy atom. The summed E-state index contributed by atoms with van der Waals surface area (Å²) in [5, 5.41) is 4.24. The molecule has 3 aromatic heterocycles. The molecular weight excluding hydrogens is 428 g/mol. The second-order valence-electron chi connectivity index (χ2n) is 8.33. The van der Waals surface area contributed by atoms with Crippen molar-refractivity contribution in [2.45, 2.75) is 18.6 Å². The number of aromatic nitrogens is 3. The minimum Gasteiger partial charge on any atom is -0.378 e. The van der Waals surface area contributed by atoms with E-state index < -0.39 is 0 Å². The van der Waals surface area contributed by atoms with E-state index in [1.54, 1.807) is 6.20 Å². The SMILES string of the molecule is CN(C)c1ccc(N2C(=S)N[C@@H](c3ccccn3)[C@@H]2c2cccn2Cc2cccnc2)cc1. The number of anilines is 2. The zero-order valence-electron chi connectivity index (χ0n) is 18.7. The molecule has 6 nitrogen and oxygen atoms in total. The molecular formula is C26H26N6S. The molecule has 5 rings (SSSR count). The summed E-state index contributed by atoms with van der Waals surface area (Å²) in [6, 6.07) is 22.7. The van der Waals surface area contributed by atoms with Crippen molar-refractivity contribution in [2.75, 3.05) is 23.9 Å². The number of rotatable bonds is 6. The third-order valence-electron chi connectivity index (χ3n) is 5.99. The second-order valence-corrected chi connectivity index (χ2v) is 8.72. The van der Waals surface area contributed by atoms with E-state index in [9.17, 15) is 0 Å². The smallest absolute Gasteiger partial charge is 0.174 e. The maximum Gasteiger partial charge on any atom is 0.174 e.